The molecule has 3 heteroatoms. The summed E-state index contributed by atoms with van der Waals surface area (Å²) in [5.41, 5.74) is 7.84. The Morgan fingerprint density at radius 2 is 1.61 bits per heavy atom. The van der Waals surface area contributed by atoms with Crippen molar-refractivity contribution in [3.63, 3.8) is 0 Å². The Morgan fingerprint density at radius 3 is 2.39 bits per heavy atom. The van der Waals surface area contributed by atoms with Gasteiger partial charge >= 0.3 is 0 Å². The number of benzene rings is 2. The van der Waals surface area contributed by atoms with E-state index in [-0.39, 0.29) is 6.10 Å². The van der Waals surface area contributed by atoms with E-state index in [0.717, 1.165) is 11.1 Å². The van der Waals surface area contributed by atoms with Crippen molar-refractivity contribution < 1.29 is 9.84 Å². The quantitative estimate of drug-likeness (QED) is 0.804. The molecule has 2 aromatic carbocycles. The Kier molecular flexibility index (Phi) is 2.78. The molecule has 3 atom stereocenters. The van der Waals surface area contributed by atoms with Gasteiger partial charge in [0.2, 0.25) is 0 Å². The van der Waals surface area contributed by atoms with Crippen LogP contribution in [0.25, 0.3) is 0 Å². The van der Waals surface area contributed by atoms with Gasteiger partial charge in [0.25, 0.3) is 0 Å². The molecule has 2 aromatic rings. The summed E-state index contributed by atoms with van der Waals surface area (Å²) in [6.45, 7) is 0. The average Bonchev–Trinajstić information content (AvgIpc) is 2.44. The molecule has 0 fully saturated rings. The van der Waals surface area contributed by atoms with Crippen molar-refractivity contribution >= 4 is 0 Å². The maximum absolute atomic E-state index is 10.3. The summed E-state index contributed by atoms with van der Waals surface area (Å²) in [6.07, 6.45) is -1.00. The maximum atomic E-state index is 10.3. The highest BCUT2D eigenvalue weighted by Crippen LogP contribution is 2.39. The Morgan fingerprint density at radius 1 is 0.944 bits per heavy atom. The number of nitrogens with two attached hydrogens (primary N) is 1. The van der Waals surface area contributed by atoms with Gasteiger partial charge in [-0.15, -0.1) is 0 Å². The van der Waals surface area contributed by atoms with Crippen LogP contribution < -0.4 is 10.5 Å². The lowest BCUT2D eigenvalue weighted by Crippen LogP contribution is -2.41. The number of fused-ring (bicyclic) bond motifs is 1. The van der Waals surface area contributed by atoms with Crippen LogP contribution in [0.2, 0.25) is 0 Å². The third-order valence-corrected chi connectivity index (χ3v) is 3.33. The molecule has 0 radical (unpaired) electrons. The number of aliphatic hydroxyl groups is 1. The molecule has 3 N–H and O–H groups in total. The predicted molar refractivity (Wildman–Crippen MR) is 69.2 cm³/mol. The van der Waals surface area contributed by atoms with E-state index in [1.807, 2.05) is 54.6 Å². The molecule has 3 nitrogen and oxygen atoms in total. The third kappa shape index (κ3) is 1.78. The highest BCUT2D eigenvalue weighted by Gasteiger charge is 2.35. The van der Waals surface area contributed by atoms with Gasteiger partial charge in [0.1, 0.15) is 18.0 Å². The summed E-state index contributed by atoms with van der Waals surface area (Å²) < 4.78 is 5.92. The van der Waals surface area contributed by atoms with Gasteiger partial charge in [0.15, 0.2) is 0 Å². The minimum Gasteiger partial charge on any atom is -0.484 e. The zero-order valence-corrected chi connectivity index (χ0v) is 9.86. The molecule has 0 amide bonds. The number of rotatable bonds is 1. The molecule has 1 heterocycles. The predicted octanol–water partition coefficient (Wildman–Crippen LogP) is 2.18. The molecule has 0 saturated carbocycles. The summed E-state index contributed by atoms with van der Waals surface area (Å²) in [7, 11) is 0. The van der Waals surface area contributed by atoms with E-state index in [1.165, 1.54) is 0 Å². The van der Waals surface area contributed by atoms with Crippen LogP contribution in [0.1, 0.15) is 23.3 Å². The minimum atomic E-state index is -0.694. The van der Waals surface area contributed by atoms with Gasteiger partial charge in [-0.3, -0.25) is 0 Å². The topological polar surface area (TPSA) is 55.5 Å². The second-order valence-corrected chi connectivity index (χ2v) is 4.51. The lowest BCUT2D eigenvalue weighted by Gasteiger charge is -2.35. The maximum Gasteiger partial charge on any atom is 0.142 e. The van der Waals surface area contributed by atoms with E-state index in [4.69, 9.17) is 10.5 Å². The summed E-state index contributed by atoms with van der Waals surface area (Å²) in [5, 5.41) is 10.3. The first-order valence-corrected chi connectivity index (χ1v) is 6.01. The molecule has 0 bridgehead atoms. The van der Waals surface area contributed by atoms with Gasteiger partial charge in [0, 0.05) is 5.56 Å². The first kappa shape index (κ1) is 11.3. The largest absolute Gasteiger partial charge is 0.484 e. The van der Waals surface area contributed by atoms with Crippen molar-refractivity contribution in [2.45, 2.75) is 18.2 Å². The SMILES string of the molecule is N[C@H]1[C@H](O)c2ccccc2O[C@@H]1c1ccccc1. The summed E-state index contributed by atoms with van der Waals surface area (Å²) >= 11 is 0. The lowest BCUT2D eigenvalue weighted by molar-refractivity contribution is 0.0412. The Labute approximate surface area is 106 Å². The van der Waals surface area contributed by atoms with Crippen LogP contribution in [0, 0.1) is 0 Å². The van der Waals surface area contributed by atoms with Crippen LogP contribution in [0.15, 0.2) is 54.6 Å². The summed E-state index contributed by atoms with van der Waals surface area (Å²) in [5.74, 6) is 0.709. The molecule has 18 heavy (non-hydrogen) atoms. The molecule has 0 spiro atoms. The molecule has 0 unspecified atom stereocenters. The van der Waals surface area contributed by atoms with Crippen molar-refractivity contribution in [3.8, 4) is 5.75 Å². The molecule has 0 saturated heterocycles. The zero-order chi connectivity index (χ0) is 12.5. The first-order valence-electron chi connectivity index (χ1n) is 6.01. The second-order valence-electron chi connectivity index (χ2n) is 4.51. The van der Waals surface area contributed by atoms with Gasteiger partial charge in [-0.2, -0.15) is 0 Å². The number of para-hydroxylation sites is 1. The molecule has 92 valence electrons. The standard InChI is InChI=1S/C15H15NO2/c16-13-14(17)11-8-4-5-9-12(11)18-15(13)10-6-2-1-3-7-10/h1-9,13-15,17H,16H2/t13-,14+,15+/m0/s1. The van der Waals surface area contributed by atoms with E-state index in [2.05, 4.69) is 0 Å². The average molecular weight is 241 g/mol. The minimum absolute atomic E-state index is 0.309. The lowest BCUT2D eigenvalue weighted by atomic mass is 9.91. The summed E-state index contributed by atoms with van der Waals surface area (Å²) in [6, 6.07) is 16.8. The van der Waals surface area contributed by atoms with Crippen LogP contribution in [-0.4, -0.2) is 11.1 Å². The number of hydrogen-bond acceptors (Lipinski definition) is 3. The number of hydrogen-bond donors (Lipinski definition) is 2. The van der Waals surface area contributed by atoms with Crippen LogP contribution >= 0.6 is 0 Å². The molecule has 1 aliphatic rings. The monoisotopic (exact) mass is 241 g/mol. The molecule has 0 aliphatic carbocycles. The molecular weight excluding hydrogens is 226 g/mol. The van der Waals surface area contributed by atoms with E-state index in [1.54, 1.807) is 0 Å². The first-order chi connectivity index (χ1) is 8.77. The van der Waals surface area contributed by atoms with Gasteiger partial charge in [-0.05, 0) is 11.6 Å². The van der Waals surface area contributed by atoms with Crippen LogP contribution in [-0.2, 0) is 0 Å². The van der Waals surface area contributed by atoms with E-state index >= 15 is 0 Å². The fourth-order valence-corrected chi connectivity index (χ4v) is 2.35. The third-order valence-electron chi connectivity index (χ3n) is 3.33. The van der Waals surface area contributed by atoms with Crippen molar-refractivity contribution in [2.75, 3.05) is 0 Å². The molecular formula is C15H15NO2. The fraction of sp³-hybridized carbons (Fsp3) is 0.200. The van der Waals surface area contributed by atoms with Crippen molar-refractivity contribution in [2.24, 2.45) is 5.73 Å². The Balaban J connectivity index is 2.01. The molecule has 0 aromatic heterocycles. The van der Waals surface area contributed by atoms with Gasteiger partial charge in [0.05, 0.1) is 6.04 Å². The number of ether oxygens (including phenoxy) is 1. The van der Waals surface area contributed by atoms with Crippen molar-refractivity contribution in [1.29, 1.82) is 0 Å². The fourth-order valence-electron chi connectivity index (χ4n) is 2.35. The van der Waals surface area contributed by atoms with Gasteiger partial charge in [-0.25, -0.2) is 0 Å². The van der Waals surface area contributed by atoms with E-state index in [9.17, 15) is 5.11 Å². The van der Waals surface area contributed by atoms with Crippen molar-refractivity contribution in [1.82, 2.24) is 0 Å². The summed E-state index contributed by atoms with van der Waals surface area (Å²) in [4.78, 5) is 0. The van der Waals surface area contributed by atoms with Crippen LogP contribution in [0.4, 0.5) is 0 Å². The van der Waals surface area contributed by atoms with E-state index < -0.39 is 12.1 Å². The smallest absolute Gasteiger partial charge is 0.142 e. The van der Waals surface area contributed by atoms with Crippen LogP contribution in [0.3, 0.4) is 0 Å². The Bertz CT molecular complexity index is 541. The van der Waals surface area contributed by atoms with Gasteiger partial charge in [-0.1, -0.05) is 48.5 Å². The Hall–Kier alpha value is -1.84. The van der Waals surface area contributed by atoms with Crippen molar-refractivity contribution in [3.05, 3.63) is 65.7 Å². The highest BCUT2D eigenvalue weighted by molar-refractivity contribution is 5.40. The van der Waals surface area contributed by atoms with Gasteiger partial charge < -0.3 is 15.6 Å². The molecule has 3 rings (SSSR count). The highest BCUT2D eigenvalue weighted by atomic mass is 16.5. The second kappa shape index (κ2) is 4.44. The van der Waals surface area contributed by atoms with E-state index in [0.29, 0.717) is 5.75 Å². The molecule has 1 aliphatic heterocycles. The number of aliphatic hydroxyl groups excluding tert-OH is 1. The normalized spacial score (nSPS) is 26.2. The zero-order valence-electron chi connectivity index (χ0n) is 9.86. The van der Waals surface area contributed by atoms with Crippen LogP contribution in [0.5, 0.6) is 5.75 Å².